The number of carbonyl (C=O) groups excluding carboxylic acids is 1. The largest absolute Gasteiger partial charge is 0.481 e. The number of benzene rings is 1. The maximum absolute atomic E-state index is 11.5. The Morgan fingerprint density at radius 2 is 2.00 bits per heavy atom. The summed E-state index contributed by atoms with van der Waals surface area (Å²) >= 11 is 0. The Bertz CT molecular complexity index is 389. The van der Waals surface area contributed by atoms with E-state index in [0.29, 0.717) is 0 Å². The average molecular weight is 250 g/mol. The van der Waals surface area contributed by atoms with Crippen LogP contribution in [-0.2, 0) is 4.79 Å². The van der Waals surface area contributed by atoms with Crippen LogP contribution >= 0.6 is 0 Å². The fraction of sp³-hybridized carbons (Fsp3) is 0.500. The molecule has 0 heterocycles. The van der Waals surface area contributed by atoms with Crippen molar-refractivity contribution in [2.75, 3.05) is 14.1 Å². The maximum Gasteiger partial charge on any atom is 0.260 e. The number of ether oxygens (including phenoxy) is 1. The Balaban J connectivity index is 2.91. The number of amides is 1. The summed E-state index contributed by atoms with van der Waals surface area (Å²) in [5, 5.41) is 5.83. The van der Waals surface area contributed by atoms with E-state index in [-0.39, 0.29) is 11.9 Å². The van der Waals surface area contributed by atoms with Crippen LogP contribution in [0.1, 0.15) is 31.9 Å². The molecule has 100 valence electrons. The van der Waals surface area contributed by atoms with Crippen LogP contribution in [0.4, 0.5) is 0 Å². The number of para-hydroxylation sites is 1. The summed E-state index contributed by atoms with van der Waals surface area (Å²) in [6, 6.07) is 8.05. The van der Waals surface area contributed by atoms with Gasteiger partial charge < -0.3 is 15.4 Å². The van der Waals surface area contributed by atoms with Crippen molar-refractivity contribution >= 4 is 5.91 Å². The summed E-state index contributed by atoms with van der Waals surface area (Å²) in [5.41, 5.74) is 1.08. The van der Waals surface area contributed by atoms with Crippen LogP contribution in [0.15, 0.2) is 24.3 Å². The molecule has 18 heavy (non-hydrogen) atoms. The molecule has 0 aromatic heterocycles. The molecule has 0 spiro atoms. The predicted molar refractivity (Wildman–Crippen MR) is 72.7 cm³/mol. The molecule has 0 aliphatic carbocycles. The van der Waals surface area contributed by atoms with Crippen LogP contribution in [0.2, 0.25) is 0 Å². The zero-order valence-electron chi connectivity index (χ0n) is 11.5. The molecule has 1 aromatic rings. The maximum atomic E-state index is 11.5. The highest BCUT2D eigenvalue weighted by molar-refractivity contribution is 5.80. The molecule has 4 heteroatoms. The van der Waals surface area contributed by atoms with Crippen molar-refractivity contribution in [2.24, 2.45) is 0 Å². The van der Waals surface area contributed by atoms with Gasteiger partial charge in [0.05, 0.1) is 0 Å². The minimum Gasteiger partial charge on any atom is -0.481 e. The van der Waals surface area contributed by atoms with Crippen LogP contribution < -0.4 is 15.4 Å². The molecule has 1 aromatic carbocycles. The highest BCUT2D eigenvalue weighted by Gasteiger charge is 2.17. The summed E-state index contributed by atoms with van der Waals surface area (Å²) in [5.74, 6) is 0.636. The monoisotopic (exact) mass is 250 g/mol. The van der Waals surface area contributed by atoms with Gasteiger partial charge in [-0.05, 0) is 26.5 Å². The zero-order valence-corrected chi connectivity index (χ0v) is 11.5. The Morgan fingerprint density at radius 1 is 1.33 bits per heavy atom. The predicted octanol–water partition coefficient (Wildman–Crippen LogP) is 1.87. The van der Waals surface area contributed by atoms with Crippen molar-refractivity contribution in [3.8, 4) is 5.75 Å². The number of nitrogens with one attached hydrogen (secondary N) is 2. The second kappa shape index (κ2) is 7.01. The SMILES string of the molecule is CCC(NC)c1ccccc1OC(C)C(=O)NC. The van der Waals surface area contributed by atoms with E-state index in [2.05, 4.69) is 17.6 Å². The second-order valence-electron chi connectivity index (χ2n) is 4.16. The smallest absolute Gasteiger partial charge is 0.260 e. The van der Waals surface area contributed by atoms with E-state index >= 15 is 0 Å². The van der Waals surface area contributed by atoms with Crippen molar-refractivity contribution in [3.05, 3.63) is 29.8 Å². The van der Waals surface area contributed by atoms with Crippen LogP contribution in [0, 0.1) is 0 Å². The molecule has 0 fully saturated rings. The van der Waals surface area contributed by atoms with Crippen LogP contribution in [0.3, 0.4) is 0 Å². The van der Waals surface area contributed by atoms with Crippen LogP contribution in [-0.4, -0.2) is 26.1 Å². The van der Waals surface area contributed by atoms with E-state index in [4.69, 9.17) is 4.74 Å². The molecule has 0 aliphatic rings. The first-order chi connectivity index (χ1) is 8.63. The van der Waals surface area contributed by atoms with Gasteiger partial charge in [0, 0.05) is 18.7 Å². The quantitative estimate of drug-likeness (QED) is 0.810. The number of likely N-dealkylation sites (N-methyl/N-ethyl adjacent to an activating group) is 1. The molecule has 0 saturated carbocycles. The van der Waals surface area contributed by atoms with Crippen molar-refractivity contribution in [3.63, 3.8) is 0 Å². The standard InChI is InChI=1S/C14H22N2O2/c1-5-12(15-3)11-8-6-7-9-13(11)18-10(2)14(17)16-4/h6-10,12,15H,5H2,1-4H3,(H,16,17). The Hall–Kier alpha value is -1.55. The topological polar surface area (TPSA) is 50.4 Å². The summed E-state index contributed by atoms with van der Waals surface area (Å²) in [4.78, 5) is 11.5. The van der Waals surface area contributed by atoms with Crippen molar-refractivity contribution in [1.29, 1.82) is 0 Å². The zero-order chi connectivity index (χ0) is 13.5. The first-order valence-electron chi connectivity index (χ1n) is 6.28. The summed E-state index contributed by atoms with van der Waals surface area (Å²) in [6.45, 7) is 3.86. The van der Waals surface area contributed by atoms with Crippen LogP contribution in [0.5, 0.6) is 5.75 Å². The molecule has 2 atom stereocenters. The van der Waals surface area contributed by atoms with Gasteiger partial charge in [0.1, 0.15) is 5.75 Å². The highest BCUT2D eigenvalue weighted by Crippen LogP contribution is 2.27. The number of carbonyl (C=O) groups is 1. The molecule has 2 unspecified atom stereocenters. The summed E-state index contributed by atoms with van der Waals surface area (Å²) in [7, 11) is 3.53. The van der Waals surface area contributed by atoms with Gasteiger partial charge in [-0.15, -0.1) is 0 Å². The highest BCUT2D eigenvalue weighted by atomic mass is 16.5. The summed E-state index contributed by atoms with van der Waals surface area (Å²) < 4.78 is 5.73. The van der Waals surface area contributed by atoms with Gasteiger partial charge >= 0.3 is 0 Å². The Morgan fingerprint density at radius 3 is 2.56 bits per heavy atom. The fourth-order valence-electron chi connectivity index (χ4n) is 1.90. The third-order valence-electron chi connectivity index (χ3n) is 2.97. The van der Waals surface area contributed by atoms with E-state index in [9.17, 15) is 4.79 Å². The fourth-order valence-corrected chi connectivity index (χ4v) is 1.90. The van der Waals surface area contributed by atoms with Gasteiger partial charge in [-0.25, -0.2) is 0 Å². The number of hydrogen-bond donors (Lipinski definition) is 2. The number of hydrogen-bond acceptors (Lipinski definition) is 3. The molecular formula is C14H22N2O2. The Labute approximate surface area is 109 Å². The third kappa shape index (κ3) is 3.47. The van der Waals surface area contributed by atoms with Gasteiger partial charge in [-0.2, -0.15) is 0 Å². The van der Waals surface area contributed by atoms with Gasteiger partial charge in [0.2, 0.25) is 0 Å². The van der Waals surface area contributed by atoms with E-state index < -0.39 is 6.10 Å². The lowest BCUT2D eigenvalue weighted by atomic mass is 10.0. The average Bonchev–Trinajstić information content (AvgIpc) is 2.41. The van der Waals surface area contributed by atoms with Crippen molar-refractivity contribution in [1.82, 2.24) is 10.6 Å². The van der Waals surface area contributed by atoms with Crippen molar-refractivity contribution in [2.45, 2.75) is 32.4 Å². The molecule has 0 bridgehead atoms. The first kappa shape index (κ1) is 14.5. The molecular weight excluding hydrogens is 228 g/mol. The molecule has 0 aliphatic heterocycles. The van der Waals surface area contributed by atoms with Gasteiger partial charge in [-0.3, -0.25) is 4.79 Å². The van der Waals surface area contributed by atoms with E-state index in [1.807, 2.05) is 31.3 Å². The third-order valence-corrected chi connectivity index (χ3v) is 2.97. The van der Waals surface area contributed by atoms with Crippen molar-refractivity contribution < 1.29 is 9.53 Å². The lowest BCUT2D eigenvalue weighted by Crippen LogP contribution is -2.34. The Kier molecular flexibility index (Phi) is 5.65. The van der Waals surface area contributed by atoms with Gasteiger partial charge in [0.15, 0.2) is 6.10 Å². The van der Waals surface area contributed by atoms with E-state index in [1.54, 1.807) is 14.0 Å². The summed E-state index contributed by atoms with van der Waals surface area (Å²) in [6.07, 6.45) is 0.469. The molecule has 1 rings (SSSR count). The van der Waals surface area contributed by atoms with E-state index in [0.717, 1.165) is 17.7 Å². The minimum absolute atomic E-state index is 0.123. The molecule has 0 radical (unpaired) electrons. The normalized spacial score (nSPS) is 13.8. The van der Waals surface area contributed by atoms with Gasteiger partial charge in [-0.1, -0.05) is 25.1 Å². The van der Waals surface area contributed by atoms with Gasteiger partial charge in [0.25, 0.3) is 5.91 Å². The molecule has 0 saturated heterocycles. The molecule has 1 amide bonds. The van der Waals surface area contributed by atoms with Crippen LogP contribution in [0.25, 0.3) is 0 Å². The lowest BCUT2D eigenvalue weighted by Gasteiger charge is -2.21. The minimum atomic E-state index is -0.495. The molecule has 4 nitrogen and oxygen atoms in total. The molecule has 2 N–H and O–H groups in total. The first-order valence-corrected chi connectivity index (χ1v) is 6.28. The number of rotatable bonds is 6. The lowest BCUT2D eigenvalue weighted by molar-refractivity contribution is -0.126. The van der Waals surface area contributed by atoms with E-state index in [1.165, 1.54) is 0 Å². The second-order valence-corrected chi connectivity index (χ2v) is 4.16.